The smallest absolute Gasteiger partial charge is 0.219 e. The molecule has 2 aromatic heterocycles. The molecule has 0 radical (unpaired) electrons. The molecule has 1 amide bonds. The summed E-state index contributed by atoms with van der Waals surface area (Å²) in [6, 6.07) is 1.93. The number of carbonyl (C=O) groups is 1. The molecule has 0 unspecified atom stereocenters. The van der Waals surface area contributed by atoms with E-state index in [1.807, 2.05) is 24.2 Å². The number of nitrogens with zero attached hydrogens (tertiary/aromatic N) is 5. The van der Waals surface area contributed by atoms with E-state index < -0.39 is 0 Å². The summed E-state index contributed by atoms with van der Waals surface area (Å²) >= 11 is 0. The minimum atomic E-state index is 0.169. The molecule has 22 heavy (non-hydrogen) atoms. The van der Waals surface area contributed by atoms with E-state index in [2.05, 4.69) is 15.1 Å². The van der Waals surface area contributed by atoms with Gasteiger partial charge in [0.15, 0.2) is 0 Å². The van der Waals surface area contributed by atoms with Crippen LogP contribution in [0.15, 0.2) is 24.7 Å². The minimum absolute atomic E-state index is 0.169. The number of hydrogen-bond acceptors (Lipinski definition) is 4. The van der Waals surface area contributed by atoms with Gasteiger partial charge in [-0.05, 0) is 31.2 Å². The van der Waals surface area contributed by atoms with Crippen molar-refractivity contribution in [2.75, 3.05) is 13.1 Å². The van der Waals surface area contributed by atoms with Gasteiger partial charge >= 0.3 is 0 Å². The zero-order valence-electron chi connectivity index (χ0n) is 13.1. The molecule has 0 aromatic carbocycles. The van der Waals surface area contributed by atoms with Crippen molar-refractivity contribution in [2.45, 2.75) is 26.2 Å². The van der Waals surface area contributed by atoms with E-state index in [9.17, 15) is 4.79 Å². The predicted molar refractivity (Wildman–Crippen MR) is 82.9 cm³/mol. The van der Waals surface area contributed by atoms with Crippen LogP contribution < -0.4 is 0 Å². The molecule has 1 aliphatic heterocycles. The summed E-state index contributed by atoms with van der Waals surface area (Å²) in [5.41, 5.74) is 2.78. The molecular weight excluding hydrogens is 278 g/mol. The number of rotatable bonds is 3. The fourth-order valence-corrected chi connectivity index (χ4v) is 3.03. The molecule has 1 saturated heterocycles. The number of aryl methyl sites for hydroxylation is 1. The number of amides is 1. The Morgan fingerprint density at radius 2 is 2.23 bits per heavy atom. The van der Waals surface area contributed by atoms with Gasteiger partial charge in [-0.3, -0.25) is 19.4 Å². The van der Waals surface area contributed by atoms with E-state index in [1.165, 1.54) is 0 Å². The second kappa shape index (κ2) is 6.25. The van der Waals surface area contributed by atoms with Gasteiger partial charge in [0.25, 0.3) is 0 Å². The lowest BCUT2D eigenvalue weighted by Gasteiger charge is -2.31. The lowest BCUT2D eigenvalue weighted by Crippen LogP contribution is -2.39. The maximum atomic E-state index is 11.5. The molecule has 1 aliphatic rings. The molecule has 6 heteroatoms. The van der Waals surface area contributed by atoms with Crippen LogP contribution in [0.5, 0.6) is 0 Å². The molecule has 3 heterocycles. The molecule has 1 atom stereocenters. The van der Waals surface area contributed by atoms with Gasteiger partial charge in [0.2, 0.25) is 5.91 Å². The number of hydrogen-bond donors (Lipinski definition) is 0. The fourth-order valence-electron chi connectivity index (χ4n) is 3.03. The summed E-state index contributed by atoms with van der Waals surface area (Å²) in [5, 5.41) is 4.15. The molecule has 0 spiro atoms. The van der Waals surface area contributed by atoms with Gasteiger partial charge in [0.05, 0.1) is 17.6 Å². The molecular formula is C16H21N5O. The third-order valence-corrected chi connectivity index (χ3v) is 4.25. The van der Waals surface area contributed by atoms with E-state index in [1.54, 1.807) is 24.0 Å². The van der Waals surface area contributed by atoms with E-state index in [0.717, 1.165) is 49.4 Å². The van der Waals surface area contributed by atoms with Crippen LogP contribution in [0.25, 0.3) is 11.4 Å². The second-order valence-corrected chi connectivity index (χ2v) is 5.91. The molecule has 1 fully saturated rings. The molecule has 0 N–H and O–H groups in total. The van der Waals surface area contributed by atoms with Crippen molar-refractivity contribution in [1.29, 1.82) is 0 Å². The molecule has 2 aromatic rings. The van der Waals surface area contributed by atoms with Crippen molar-refractivity contribution >= 4 is 5.91 Å². The Morgan fingerprint density at radius 1 is 1.36 bits per heavy atom. The largest absolute Gasteiger partial charge is 0.343 e. The Hall–Kier alpha value is -2.24. The average Bonchev–Trinajstić information content (AvgIpc) is 2.94. The van der Waals surface area contributed by atoms with Crippen LogP contribution in [0.3, 0.4) is 0 Å². The van der Waals surface area contributed by atoms with Crippen molar-refractivity contribution in [3.63, 3.8) is 0 Å². The minimum Gasteiger partial charge on any atom is -0.343 e. The summed E-state index contributed by atoms with van der Waals surface area (Å²) in [6.45, 7) is 3.36. The Bertz CT molecular complexity index is 649. The average molecular weight is 299 g/mol. The SMILES string of the molecule is CC(=O)N1CCC[C@@H](Cc2cnc(-c3ccnn3C)cn2)C1. The van der Waals surface area contributed by atoms with E-state index in [0.29, 0.717) is 5.92 Å². The summed E-state index contributed by atoms with van der Waals surface area (Å²) in [6.07, 6.45) is 8.50. The van der Waals surface area contributed by atoms with Crippen LogP contribution in [0.4, 0.5) is 0 Å². The van der Waals surface area contributed by atoms with Crippen LogP contribution in [-0.2, 0) is 18.3 Å². The zero-order chi connectivity index (χ0) is 15.5. The molecule has 0 saturated carbocycles. The molecule has 0 bridgehead atoms. The van der Waals surface area contributed by atoms with Crippen LogP contribution in [0.2, 0.25) is 0 Å². The first-order valence-electron chi connectivity index (χ1n) is 7.68. The fraction of sp³-hybridized carbons (Fsp3) is 0.500. The Labute approximate surface area is 130 Å². The first-order chi connectivity index (χ1) is 10.6. The molecule has 0 aliphatic carbocycles. The van der Waals surface area contributed by atoms with E-state index in [-0.39, 0.29) is 5.91 Å². The highest BCUT2D eigenvalue weighted by Crippen LogP contribution is 2.21. The maximum absolute atomic E-state index is 11.5. The number of piperidine rings is 1. The highest BCUT2D eigenvalue weighted by molar-refractivity contribution is 5.73. The summed E-state index contributed by atoms with van der Waals surface area (Å²) in [5.74, 6) is 0.650. The first kappa shape index (κ1) is 14.7. The summed E-state index contributed by atoms with van der Waals surface area (Å²) in [4.78, 5) is 22.5. The van der Waals surface area contributed by atoms with Crippen molar-refractivity contribution in [3.8, 4) is 11.4 Å². The normalized spacial score (nSPS) is 18.5. The topological polar surface area (TPSA) is 63.9 Å². The number of aromatic nitrogens is 4. The Balaban J connectivity index is 1.66. The van der Waals surface area contributed by atoms with Crippen molar-refractivity contribution in [2.24, 2.45) is 13.0 Å². The van der Waals surface area contributed by atoms with Gasteiger partial charge < -0.3 is 4.90 Å². The molecule has 116 valence electrons. The Kier molecular flexibility index (Phi) is 4.18. The lowest BCUT2D eigenvalue weighted by molar-refractivity contribution is -0.130. The van der Waals surface area contributed by atoms with Gasteiger partial charge in [0, 0.05) is 39.5 Å². The lowest BCUT2D eigenvalue weighted by atomic mass is 9.93. The van der Waals surface area contributed by atoms with E-state index >= 15 is 0 Å². The van der Waals surface area contributed by atoms with Crippen LogP contribution in [-0.4, -0.2) is 43.6 Å². The van der Waals surface area contributed by atoms with Crippen LogP contribution >= 0.6 is 0 Å². The van der Waals surface area contributed by atoms with Gasteiger partial charge in [-0.1, -0.05) is 0 Å². The molecule has 6 nitrogen and oxygen atoms in total. The predicted octanol–water partition coefficient (Wildman–Crippen LogP) is 1.68. The molecule has 3 rings (SSSR count). The van der Waals surface area contributed by atoms with Gasteiger partial charge in [0.1, 0.15) is 5.69 Å². The van der Waals surface area contributed by atoms with Gasteiger partial charge in [-0.15, -0.1) is 0 Å². The highest BCUT2D eigenvalue weighted by Gasteiger charge is 2.22. The summed E-state index contributed by atoms with van der Waals surface area (Å²) in [7, 11) is 1.89. The first-order valence-corrected chi connectivity index (χ1v) is 7.68. The van der Waals surface area contributed by atoms with E-state index in [4.69, 9.17) is 0 Å². The standard InChI is InChI=1S/C16H21N5O/c1-12(22)21-7-3-4-13(11-21)8-14-9-18-15(10-17-14)16-5-6-19-20(16)2/h5-6,9-10,13H,3-4,7-8,11H2,1-2H3/t13-/m0/s1. The van der Waals surface area contributed by atoms with Gasteiger partial charge in [-0.25, -0.2) is 0 Å². The maximum Gasteiger partial charge on any atom is 0.219 e. The quantitative estimate of drug-likeness (QED) is 0.865. The Morgan fingerprint density at radius 3 is 2.86 bits per heavy atom. The number of carbonyl (C=O) groups excluding carboxylic acids is 1. The van der Waals surface area contributed by atoms with Crippen molar-refractivity contribution in [3.05, 3.63) is 30.4 Å². The van der Waals surface area contributed by atoms with Gasteiger partial charge in [-0.2, -0.15) is 5.10 Å². The van der Waals surface area contributed by atoms with Crippen molar-refractivity contribution in [1.82, 2.24) is 24.6 Å². The second-order valence-electron chi connectivity index (χ2n) is 5.91. The third-order valence-electron chi connectivity index (χ3n) is 4.25. The monoisotopic (exact) mass is 299 g/mol. The highest BCUT2D eigenvalue weighted by atomic mass is 16.2. The van der Waals surface area contributed by atoms with Crippen LogP contribution in [0.1, 0.15) is 25.5 Å². The summed E-state index contributed by atoms with van der Waals surface area (Å²) < 4.78 is 1.79. The third kappa shape index (κ3) is 3.16. The van der Waals surface area contributed by atoms with Crippen LogP contribution in [0, 0.1) is 5.92 Å². The van der Waals surface area contributed by atoms with Crippen molar-refractivity contribution < 1.29 is 4.79 Å². The number of likely N-dealkylation sites (tertiary alicyclic amines) is 1. The zero-order valence-corrected chi connectivity index (χ0v) is 13.1.